The molecule has 2 amide bonds. The molecule has 84 valence electrons. The second-order valence-corrected chi connectivity index (χ2v) is 3.88. The molecule has 1 fully saturated rings. The SMILES string of the molecule is Cc1cccc(C(=O)NNC(=O)C2CC2)n1. The molecule has 0 unspecified atom stereocenters. The van der Waals surface area contributed by atoms with Gasteiger partial charge in [-0.1, -0.05) is 6.07 Å². The highest BCUT2D eigenvalue weighted by Gasteiger charge is 2.29. The quantitative estimate of drug-likeness (QED) is 0.714. The summed E-state index contributed by atoms with van der Waals surface area (Å²) in [6.45, 7) is 1.81. The molecular formula is C11H13N3O2. The standard InChI is InChI=1S/C11H13N3O2/c1-7-3-2-4-9(12-7)11(16)14-13-10(15)8-5-6-8/h2-4,8H,5-6H2,1H3,(H,13,15)(H,14,16). The van der Waals surface area contributed by atoms with Crippen molar-refractivity contribution in [1.82, 2.24) is 15.8 Å². The third-order valence-electron chi connectivity index (χ3n) is 2.37. The molecule has 1 saturated carbocycles. The Morgan fingerprint density at radius 1 is 1.31 bits per heavy atom. The fourth-order valence-corrected chi connectivity index (χ4v) is 1.30. The van der Waals surface area contributed by atoms with Crippen molar-refractivity contribution < 1.29 is 9.59 Å². The topological polar surface area (TPSA) is 71.1 Å². The monoisotopic (exact) mass is 219 g/mol. The summed E-state index contributed by atoms with van der Waals surface area (Å²) < 4.78 is 0. The van der Waals surface area contributed by atoms with Crippen molar-refractivity contribution in [2.24, 2.45) is 5.92 Å². The van der Waals surface area contributed by atoms with E-state index in [1.807, 2.05) is 0 Å². The van der Waals surface area contributed by atoms with Crippen LogP contribution in [0.2, 0.25) is 0 Å². The minimum absolute atomic E-state index is 0.0748. The number of aryl methyl sites for hydroxylation is 1. The third kappa shape index (κ3) is 2.56. The first-order chi connectivity index (χ1) is 7.66. The number of nitrogens with one attached hydrogen (secondary N) is 2. The molecule has 0 spiro atoms. The van der Waals surface area contributed by atoms with Crippen LogP contribution in [0.5, 0.6) is 0 Å². The van der Waals surface area contributed by atoms with Gasteiger partial charge in [0.25, 0.3) is 5.91 Å². The number of hydrogen-bond donors (Lipinski definition) is 2. The van der Waals surface area contributed by atoms with E-state index in [1.165, 1.54) is 0 Å². The van der Waals surface area contributed by atoms with E-state index in [1.54, 1.807) is 25.1 Å². The van der Waals surface area contributed by atoms with Crippen LogP contribution < -0.4 is 10.9 Å². The van der Waals surface area contributed by atoms with E-state index in [0.29, 0.717) is 5.69 Å². The first-order valence-corrected chi connectivity index (χ1v) is 5.20. The van der Waals surface area contributed by atoms with E-state index in [4.69, 9.17) is 0 Å². The molecule has 16 heavy (non-hydrogen) atoms. The van der Waals surface area contributed by atoms with Crippen LogP contribution in [0.1, 0.15) is 29.0 Å². The van der Waals surface area contributed by atoms with Crippen LogP contribution in [0.3, 0.4) is 0 Å². The first kappa shape index (κ1) is 10.6. The number of hydrazine groups is 1. The molecule has 0 aromatic carbocycles. The molecule has 1 aliphatic rings. The van der Waals surface area contributed by atoms with E-state index in [9.17, 15) is 9.59 Å². The number of hydrogen-bond acceptors (Lipinski definition) is 3. The summed E-state index contributed by atoms with van der Waals surface area (Å²) in [5, 5.41) is 0. The second-order valence-electron chi connectivity index (χ2n) is 3.88. The fourth-order valence-electron chi connectivity index (χ4n) is 1.30. The van der Waals surface area contributed by atoms with Crippen LogP contribution in [-0.2, 0) is 4.79 Å². The van der Waals surface area contributed by atoms with E-state index in [2.05, 4.69) is 15.8 Å². The van der Waals surface area contributed by atoms with Gasteiger partial charge in [-0.2, -0.15) is 0 Å². The summed E-state index contributed by atoms with van der Waals surface area (Å²) in [7, 11) is 0. The van der Waals surface area contributed by atoms with Crippen LogP contribution >= 0.6 is 0 Å². The van der Waals surface area contributed by atoms with Crippen LogP contribution in [-0.4, -0.2) is 16.8 Å². The number of carbonyl (C=O) groups excluding carboxylic acids is 2. The van der Waals surface area contributed by atoms with Crippen molar-refractivity contribution in [3.05, 3.63) is 29.6 Å². The van der Waals surface area contributed by atoms with Gasteiger partial charge in [-0.05, 0) is 31.9 Å². The van der Waals surface area contributed by atoms with Gasteiger partial charge in [0.2, 0.25) is 5.91 Å². The summed E-state index contributed by atoms with van der Waals surface area (Å²) >= 11 is 0. The molecule has 1 aromatic heterocycles. The first-order valence-electron chi connectivity index (χ1n) is 5.20. The number of pyridine rings is 1. The van der Waals surface area contributed by atoms with Crippen molar-refractivity contribution >= 4 is 11.8 Å². The van der Waals surface area contributed by atoms with Crippen LogP contribution in [0, 0.1) is 12.8 Å². The molecule has 0 saturated heterocycles. The number of carbonyl (C=O) groups is 2. The van der Waals surface area contributed by atoms with Crippen molar-refractivity contribution in [1.29, 1.82) is 0 Å². The molecule has 0 radical (unpaired) electrons. The van der Waals surface area contributed by atoms with E-state index >= 15 is 0 Å². The summed E-state index contributed by atoms with van der Waals surface area (Å²) in [6.07, 6.45) is 1.81. The Morgan fingerprint density at radius 2 is 2.06 bits per heavy atom. The number of amides is 2. The van der Waals surface area contributed by atoms with Crippen LogP contribution in [0.25, 0.3) is 0 Å². The van der Waals surface area contributed by atoms with Gasteiger partial charge < -0.3 is 0 Å². The van der Waals surface area contributed by atoms with Crippen molar-refractivity contribution in [2.75, 3.05) is 0 Å². The Balaban J connectivity index is 1.89. The van der Waals surface area contributed by atoms with E-state index in [-0.39, 0.29) is 11.8 Å². The molecule has 5 heteroatoms. The fraction of sp³-hybridized carbons (Fsp3) is 0.364. The molecular weight excluding hydrogens is 206 g/mol. The molecule has 1 heterocycles. The van der Waals surface area contributed by atoms with Gasteiger partial charge in [-0.25, -0.2) is 4.98 Å². The minimum Gasteiger partial charge on any atom is -0.273 e. The molecule has 0 aliphatic heterocycles. The highest BCUT2D eigenvalue weighted by molar-refractivity contribution is 5.94. The van der Waals surface area contributed by atoms with Crippen LogP contribution in [0.15, 0.2) is 18.2 Å². The average Bonchev–Trinajstić information content (AvgIpc) is 3.09. The van der Waals surface area contributed by atoms with Gasteiger partial charge in [0.15, 0.2) is 0 Å². The lowest BCUT2D eigenvalue weighted by Gasteiger charge is -2.06. The molecule has 1 aromatic rings. The summed E-state index contributed by atoms with van der Waals surface area (Å²) in [6, 6.07) is 5.16. The Morgan fingerprint density at radius 3 is 2.69 bits per heavy atom. The molecule has 1 aliphatic carbocycles. The third-order valence-corrected chi connectivity index (χ3v) is 2.37. The lowest BCUT2D eigenvalue weighted by molar-refractivity contribution is -0.123. The van der Waals surface area contributed by atoms with Crippen molar-refractivity contribution in [3.8, 4) is 0 Å². The van der Waals surface area contributed by atoms with E-state index in [0.717, 1.165) is 18.5 Å². The van der Waals surface area contributed by atoms with Gasteiger partial charge in [0.05, 0.1) is 0 Å². The molecule has 2 N–H and O–H groups in total. The number of nitrogens with zero attached hydrogens (tertiary/aromatic N) is 1. The largest absolute Gasteiger partial charge is 0.288 e. The summed E-state index contributed by atoms with van der Waals surface area (Å²) in [4.78, 5) is 26.9. The van der Waals surface area contributed by atoms with Gasteiger partial charge in [0, 0.05) is 11.6 Å². The van der Waals surface area contributed by atoms with Gasteiger partial charge in [-0.3, -0.25) is 20.4 Å². The Bertz CT molecular complexity index is 427. The zero-order chi connectivity index (χ0) is 11.5. The Hall–Kier alpha value is -1.91. The lowest BCUT2D eigenvalue weighted by Crippen LogP contribution is -2.42. The predicted molar refractivity (Wildman–Crippen MR) is 57.3 cm³/mol. The van der Waals surface area contributed by atoms with E-state index < -0.39 is 5.91 Å². The zero-order valence-electron chi connectivity index (χ0n) is 8.99. The Kier molecular flexibility index (Phi) is 2.85. The minimum atomic E-state index is -0.391. The predicted octanol–water partition coefficient (Wildman–Crippen LogP) is 0.561. The summed E-state index contributed by atoms with van der Waals surface area (Å²) in [5.74, 6) is -0.440. The maximum atomic E-state index is 11.6. The van der Waals surface area contributed by atoms with Gasteiger partial charge in [-0.15, -0.1) is 0 Å². The maximum Gasteiger partial charge on any atom is 0.288 e. The van der Waals surface area contributed by atoms with Gasteiger partial charge in [0.1, 0.15) is 5.69 Å². The zero-order valence-corrected chi connectivity index (χ0v) is 8.99. The normalized spacial score (nSPS) is 14.3. The summed E-state index contributed by atoms with van der Waals surface area (Å²) in [5.41, 5.74) is 5.80. The van der Waals surface area contributed by atoms with Crippen molar-refractivity contribution in [2.45, 2.75) is 19.8 Å². The lowest BCUT2D eigenvalue weighted by atomic mass is 10.3. The Labute approximate surface area is 93.2 Å². The van der Waals surface area contributed by atoms with Crippen LogP contribution in [0.4, 0.5) is 0 Å². The molecule has 0 bridgehead atoms. The maximum absolute atomic E-state index is 11.6. The highest BCUT2D eigenvalue weighted by Crippen LogP contribution is 2.28. The van der Waals surface area contributed by atoms with Crippen molar-refractivity contribution in [3.63, 3.8) is 0 Å². The number of aromatic nitrogens is 1. The molecule has 5 nitrogen and oxygen atoms in total. The average molecular weight is 219 g/mol. The van der Waals surface area contributed by atoms with Gasteiger partial charge >= 0.3 is 0 Å². The smallest absolute Gasteiger partial charge is 0.273 e. The molecule has 0 atom stereocenters. The number of rotatable bonds is 2. The molecule has 2 rings (SSSR count). The highest BCUT2D eigenvalue weighted by atomic mass is 16.2. The second kappa shape index (κ2) is 4.30.